The van der Waals surface area contributed by atoms with Gasteiger partial charge in [0.2, 0.25) is 5.91 Å². The van der Waals surface area contributed by atoms with E-state index in [9.17, 15) is 22.8 Å². The lowest BCUT2D eigenvalue weighted by atomic mass is 9.68. The van der Waals surface area contributed by atoms with Crippen LogP contribution in [0.15, 0.2) is 24.3 Å². The number of carboxylic acids is 1. The molecule has 0 unspecified atom stereocenters. The first-order valence-corrected chi connectivity index (χ1v) is 5.98. The molecule has 0 atom stereocenters. The highest BCUT2D eigenvalue weighted by atomic mass is 19.4. The van der Waals surface area contributed by atoms with Gasteiger partial charge in [-0.2, -0.15) is 13.2 Å². The van der Waals surface area contributed by atoms with E-state index in [1.807, 2.05) is 0 Å². The molecule has 0 saturated heterocycles. The highest BCUT2D eigenvalue weighted by Crippen LogP contribution is 2.43. The standard InChI is InChI=1S/C13H12F3NO3/c14-13(15,16)8-4-1-2-5-9(8)17-10(18)12(11(19)20)6-3-7-12/h1-2,4-5H,3,6-7H2,(H,17,18)(H,19,20). The fourth-order valence-corrected chi connectivity index (χ4v) is 2.15. The Kier molecular flexibility index (Phi) is 3.45. The number of aliphatic carboxylic acids is 1. The number of rotatable bonds is 3. The van der Waals surface area contributed by atoms with Crippen molar-refractivity contribution in [1.29, 1.82) is 0 Å². The van der Waals surface area contributed by atoms with Gasteiger partial charge >= 0.3 is 12.1 Å². The van der Waals surface area contributed by atoms with Crippen LogP contribution in [0.5, 0.6) is 0 Å². The number of nitrogens with one attached hydrogen (secondary N) is 1. The second-order valence-electron chi connectivity index (χ2n) is 4.74. The number of hydrogen-bond donors (Lipinski definition) is 2. The van der Waals surface area contributed by atoms with Crippen molar-refractivity contribution in [3.8, 4) is 0 Å². The number of carbonyl (C=O) groups excluding carboxylic acids is 1. The molecule has 7 heteroatoms. The summed E-state index contributed by atoms with van der Waals surface area (Å²) in [5, 5.41) is 11.2. The predicted molar refractivity (Wildman–Crippen MR) is 64.0 cm³/mol. The molecule has 2 rings (SSSR count). The number of para-hydroxylation sites is 1. The molecule has 1 aliphatic carbocycles. The fraction of sp³-hybridized carbons (Fsp3) is 0.385. The summed E-state index contributed by atoms with van der Waals surface area (Å²) in [5.74, 6) is -2.20. The van der Waals surface area contributed by atoms with Crippen molar-refractivity contribution in [2.75, 3.05) is 5.32 Å². The molecule has 0 heterocycles. The van der Waals surface area contributed by atoms with Gasteiger partial charge in [0.1, 0.15) is 5.41 Å². The zero-order chi connectivity index (χ0) is 15.0. The number of benzene rings is 1. The second-order valence-corrected chi connectivity index (χ2v) is 4.74. The number of carbonyl (C=O) groups is 2. The molecule has 108 valence electrons. The van der Waals surface area contributed by atoms with Crippen molar-refractivity contribution >= 4 is 17.6 Å². The summed E-state index contributed by atoms with van der Waals surface area (Å²) >= 11 is 0. The van der Waals surface area contributed by atoms with E-state index in [0.717, 1.165) is 12.1 Å². The zero-order valence-electron chi connectivity index (χ0n) is 10.3. The van der Waals surface area contributed by atoms with E-state index in [1.54, 1.807) is 0 Å². The van der Waals surface area contributed by atoms with Crippen molar-refractivity contribution < 1.29 is 27.9 Å². The molecule has 2 N–H and O–H groups in total. The summed E-state index contributed by atoms with van der Waals surface area (Å²) < 4.78 is 38.3. The Bertz CT molecular complexity index is 550. The van der Waals surface area contributed by atoms with Crippen LogP contribution in [-0.4, -0.2) is 17.0 Å². The summed E-state index contributed by atoms with van der Waals surface area (Å²) in [6.45, 7) is 0. The van der Waals surface area contributed by atoms with Crippen LogP contribution in [0.3, 0.4) is 0 Å². The number of carboxylic acid groups (broad SMARTS) is 1. The maximum atomic E-state index is 12.8. The minimum Gasteiger partial charge on any atom is -0.480 e. The average Bonchev–Trinajstić information content (AvgIpc) is 2.25. The van der Waals surface area contributed by atoms with E-state index < -0.39 is 34.7 Å². The van der Waals surface area contributed by atoms with E-state index in [-0.39, 0.29) is 12.8 Å². The van der Waals surface area contributed by atoms with Crippen molar-refractivity contribution in [1.82, 2.24) is 0 Å². The predicted octanol–water partition coefficient (Wildman–Crippen LogP) is 2.90. The molecule has 0 radical (unpaired) electrons. The van der Waals surface area contributed by atoms with Crippen LogP contribution in [0, 0.1) is 5.41 Å². The molecule has 1 aromatic rings. The SMILES string of the molecule is O=C(O)C1(C(=O)Nc2ccccc2C(F)(F)F)CCC1. The molecule has 1 amide bonds. The van der Waals surface area contributed by atoms with Crippen LogP contribution in [0.1, 0.15) is 24.8 Å². The molecule has 1 saturated carbocycles. The van der Waals surface area contributed by atoms with Crippen LogP contribution in [-0.2, 0) is 15.8 Å². The summed E-state index contributed by atoms with van der Waals surface area (Å²) in [4.78, 5) is 23.1. The highest BCUT2D eigenvalue weighted by Gasteiger charge is 2.51. The summed E-state index contributed by atoms with van der Waals surface area (Å²) in [5.41, 5.74) is -3.01. The van der Waals surface area contributed by atoms with Gasteiger partial charge < -0.3 is 10.4 Å². The third-order valence-corrected chi connectivity index (χ3v) is 3.53. The van der Waals surface area contributed by atoms with Crippen LogP contribution in [0.25, 0.3) is 0 Å². The molecular weight excluding hydrogens is 275 g/mol. The lowest BCUT2D eigenvalue weighted by Crippen LogP contribution is -2.48. The van der Waals surface area contributed by atoms with Crippen LogP contribution >= 0.6 is 0 Å². The Hall–Kier alpha value is -2.05. The molecule has 0 aromatic heterocycles. The number of alkyl halides is 3. The largest absolute Gasteiger partial charge is 0.480 e. The van der Waals surface area contributed by atoms with Crippen molar-refractivity contribution in [3.63, 3.8) is 0 Å². The summed E-state index contributed by atoms with van der Waals surface area (Å²) in [6, 6.07) is 4.49. The smallest absolute Gasteiger partial charge is 0.418 e. The quantitative estimate of drug-likeness (QED) is 0.840. The first kappa shape index (κ1) is 14.4. The molecule has 20 heavy (non-hydrogen) atoms. The van der Waals surface area contributed by atoms with E-state index in [4.69, 9.17) is 5.11 Å². The van der Waals surface area contributed by atoms with Gasteiger partial charge in [0.15, 0.2) is 0 Å². The molecule has 1 aromatic carbocycles. The molecule has 0 aliphatic heterocycles. The Morgan fingerprint density at radius 2 is 1.80 bits per heavy atom. The molecule has 0 spiro atoms. The number of hydrogen-bond acceptors (Lipinski definition) is 2. The number of halogens is 3. The first-order chi connectivity index (χ1) is 9.27. The maximum Gasteiger partial charge on any atom is 0.418 e. The molecule has 0 bridgehead atoms. The van der Waals surface area contributed by atoms with Crippen molar-refractivity contribution in [3.05, 3.63) is 29.8 Å². The zero-order valence-corrected chi connectivity index (χ0v) is 10.3. The van der Waals surface area contributed by atoms with Gasteiger partial charge in [0, 0.05) is 0 Å². The highest BCUT2D eigenvalue weighted by molar-refractivity contribution is 6.09. The fourth-order valence-electron chi connectivity index (χ4n) is 2.15. The van der Waals surface area contributed by atoms with Crippen molar-refractivity contribution in [2.45, 2.75) is 25.4 Å². The van der Waals surface area contributed by atoms with Gasteiger partial charge in [-0.05, 0) is 25.0 Å². The topological polar surface area (TPSA) is 66.4 Å². The van der Waals surface area contributed by atoms with E-state index in [2.05, 4.69) is 5.32 Å². The van der Waals surface area contributed by atoms with Gasteiger partial charge in [-0.25, -0.2) is 0 Å². The lowest BCUT2D eigenvalue weighted by molar-refractivity contribution is -0.159. The normalized spacial score (nSPS) is 17.1. The molecule has 1 fully saturated rings. The minimum atomic E-state index is -4.61. The van der Waals surface area contributed by atoms with Gasteiger partial charge in [0.25, 0.3) is 0 Å². The molecule has 1 aliphatic rings. The summed E-state index contributed by atoms with van der Waals surface area (Å²) in [7, 11) is 0. The Labute approximate surface area is 112 Å². The van der Waals surface area contributed by atoms with Gasteiger partial charge in [-0.15, -0.1) is 0 Å². The van der Waals surface area contributed by atoms with E-state index in [0.29, 0.717) is 6.42 Å². The monoisotopic (exact) mass is 287 g/mol. The maximum absolute atomic E-state index is 12.8. The molecular formula is C13H12F3NO3. The summed E-state index contributed by atoms with van der Waals surface area (Å²) in [6.07, 6.45) is -3.76. The Balaban J connectivity index is 2.27. The number of anilines is 1. The molecule has 4 nitrogen and oxygen atoms in total. The first-order valence-electron chi connectivity index (χ1n) is 5.98. The second kappa shape index (κ2) is 4.81. The Morgan fingerprint density at radius 3 is 2.25 bits per heavy atom. The van der Waals surface area contributed by atoms with Crippen molar-refractivity contribution in [2.24, 2.45) is 5.41 Å². The van der Waals surface area contributed by atoms with Gasteiger partial charge in [-0.1, -0.05) is 18.6 Å². The van der Waals surface area contributed by atoms with Crippen LogP contribution in [0.2, 0.25) is 0 Å². The number of amides is 1. The third-order valence-electron chi connectivity index (χ3n) is 3.53. The van der Waals surface area contributed by atoms with Crippen LogP contribution in [0.4, 0.5) is 18.9 Å². The minimum absolute atomic E-state index is 0.141. The van der Waals surface area contributed by atoms with E-state index >= 15 is 0 Å². The Morgan fingerprint density at radius 1 is 1.20 bits per heavy atom. The van der Waals surface area contributed by atoms with Gasteiger partial charge in [0.05, 0.1) is 11.3 Å². The average molecular weight is 287 g/mol. The van der Waals surface area contributed by atoms with Crippen LogP contribution < -0.4 is 5.32 Å². The van der Waals surface area contributed by atoms with Gasteiger partial charge in [-0.3, -0.25) is 9.59 Å². The lowest BCUT2D eigenvalue weighted by Gasteiger charge is -2.36. The third kappa shape index (κ3) is 2.35. The van der Waals surface area contributed by atoms with E-state index in [1.165, 1.54) is 12.1 Å².